The fraction of sp³-hybridized carbons (Fsp3) is 0.212. The monoisotopic (exact) mass is 580 g/mol. The number of ketones is 1. The van der Waals surface area contributed by atoms with Gasteiger partial charge in [-0.25, -0.2) is 0 Å². The minimum atomic E-state index is -0.0523. The van der Waals surface area contributed by atoms with Gasteiger partial charge in [0.25, 0.3) is 0 Å². The second-order valence-corrected chi connectivity index (χ2v) is 10.9. The molecule has 2 aliphatic rings. The van der Waals surface area contributed by atoms with E-state index in [4.69, 9.17) is 25.6 Å². The molecule has 2 heterocycles. The van der Waals surface area contributed by atoms with Crippen LogP contribution in [0.5, 0.6) is 11.5 Å². The molecule has 1 saturated heterocycles. The van der Waals surface area contributed by atoms with Gasteiger partial charge in [-0.3, -0.25) is 9.69 Å². The van der Waals surface area contributed by atoms with E-state index in [0.717, 1.165) is 72.1 Å². The van der Waals surface area contributed by atoms with Crippen LogP contribution in [0.4, 0.5) is 17.1 Å². The predicted molar refractivity (Wildman–Crippen MR) is 165 cm³/mol. The first kappa shape index (κ1) is 26.4. The number of rotatable bonds is 7. The zero-order chi connectivity index (χ0) is 28.8. The zero-order valence-corrected chi connectivity index (χ0v) is 24.1. The number of nitrogens with zero attached hydrogens (tertiary/aromatic N) is 3. The van der Waals surface area contributed by atoms with Gasteiger partial charge in [0, 0.05) is 66.2 Å². The predicted octanol–water partition coefficient (Wildman–Crippen LogP) is 6.78. The maximum Gasteiger partial charge on any atom is 0.196 e. The molecule has 5 aromatic rings. The summed E-state index contributed by atoms with van der Waals surface area (Å²) >= 11 is 6.28. The number of carbonyl (C=O) groups is 1. The number of benzene rings is 4. The molecule has 0 amide bonds. The molecule has 0 radical (unpaired) electrons. The van der Waals surface area contributed by atoms with Crippen LogP contribution in [0.1, 0.15) is 21.5 Å². The summed E-state index contributed by atoms with van der Waals surface area (Å²) in [6, 6.07) is 23.0. The fourth-order valence-corrected chi connectivity index (χ4v) is 6.19. The molecule has 1 aliphatic heterocycles. The zero-order valence-electron chi connectivity index (χ0n) is 23.3. The summed E-state index contributed by atoms with van der Waals surface area (Å²) in [4.78, 5) is 18.6. The van der Waals surface area contributed by atoms with Crippen LogP contribution in [0.2, 0.25) is 5.02 Å². The molecule has 1 aromatic heterocycles. The van der Waals surface area contributed by atoms with Gasteiger partial charge in [-0.2, -0.15) is 0 Å². The minimum absolute atomic E-state index is 0.0523. The number of anilines is 3. The van der Waals surface area contributed by atoms with E-state index in [-0.39, 0.29) is 5.78 Å². The number of fused-ring (bicyclic) bond motifs is 2. The average molecular weight is 581 g/mol. The van der Waals surface area contributed by atoms with Crippen LogP contribution >= 0.6 is 11.6 Å². The van der Waals surface area contributed by atoms with Crippen molar-refractivity contribution in [1.82, 2.24) is 10.1 Å². The molecule has 9 heteroatoms. The van der Waals surface area contributed by atoms with E-state index in [9.17, 15) is 4.79 Å². The SMILES string of the molecule is COc1cccc(Nc2cc(N3CCN(Cc4cc(Cl)ccc4OC)CC3)c3noc4c3c2C(=O)c2ccccc2-4)c1. The van der Waals surface area contributed by atoms with E-state index < -0.39 is 0 Å². The first-order valence-corrected chi connectivity index (χ1v) is 14.2. The highest BCUT2D eigenvalue weighted by Gasteiger charge is 2.34. The standard InChI is InChI=1S/C33H29ClN4O4/c1-40-23-7-5-6-22(17-23)35-26-18-27(31-30-29(26)32(39)24-8-3-4-9-25(24)33(30)42-36-31)38-14-12-37(13-15-38)19-20-16-21(34)10-11-28(20)41-2/h3-11,16-18,35H,12-15,19H2,1-2H3. The second-order valence-electron chi connectivity index (χ2n) is 10.5. The lowest BCUT2D eigenvalue weighted by Crippen LogP contribution is -2.46. The molecule has 0 atom stereocenters. The average Bonchev–Trinajstić information content (AvgIpc) is 3.46. The molecule has 8 nitrogen and oxygen atoms in total. The van der Waals surface area contributed by atoms with Crippen molar-refractivity contribution < 1.29 is 18.8 Å². The maximum absolute atomic E-state index is 13.9. The van der Waals surface area contributed by atoms with Crippen molar-refractivity contribution in [2.45, 2.75) is 6.54 Å². The number of aromatic nitrogens is 1. The summed E-state index contributed by atoms with van der Waals surface area (Å²) in [5, 5.41) is 9.48. The Bertz CT molecular complexity index is 1830. The third-order valence-corrected chi connectivity index (χ3v) is 8.31. The quantitative estimate of drug-likeness (QED) is 0.221. The van der Waals surface area contributed by atoms with Crippen molar-refractivity contribution in [3.63, 3.8) is 0 Å². The van der Waals surface area contributed by atoms with Crippen LogP contribution in [0.3, 0.4) is 0 Å². The highest BCUT2D eigenvalue weighted by atomic mass is 35.5. The third kappa shape index (κ3) is 4.53. The van der Waals surface area contributed by atoms with Gasteiger partial charge in [0.15, 0.2) is 11.5 Å². The van der Waals surface area contributed by atoms with E-state index in [0.29, 0.717) is 33.1 Å². The van der Waals surface area contributed by atoms with Crippen molar-refractivity contribution in [2.75, 3.05) is 50.6 Å². The summed E-state index contributed by atoms with van der Waals surface area (Å²) in [6.07, 6.45) is 0. The van der Waals surface area contributed by atoms with Crippen molar-refractivity contribution in [3.05, 3.63) is 94.5 Å². The lowest BCUT2D eigenvalue weighted by atomic mass is 9.86. The largest absolute Gasteiger partial charge is 0.497 e. The van der Waals surface area contributed by atoms with E-state index in [1.54, 1.807) is 14.2 Å². The Labute approximate surface area is 248 Å². The number of ether oxygens (including phenoxy) is 2. The molecule has 4 aromatic carbocycles. The van der Waals surface area contributed by atoms with Gasteiger partial charge in [-0.15, -0.1) is 0 Å². The van der Waals surface area contributed by atoms with E-state index in [1.807, 2.05) is 72.8 Å². The number of hydrogen-bond acceptors (Lipinski definition) is 8. The van der Waals surface area contributed by atoms with E-state index >= 15 is 0 Å². The molecule has 0 unspecified atom stereocenters. The number of carbonyl (C=O) groups excluding carboxylic acids is 1. The van der Waals surface area contributed by atoms with Gasteiger partial charge in [-0.05, 0) is 36.4 Å². The van der Waals surface area contributed by atoms with Crippen LogP contribution in [0, 0.1) is 0 Å². The van der Waals surface area contributed by atoms with Crippen molar-refractivity contribution in [1.29, 1.82) is 0 Å². The van der Waals surface area contributed by atoms with E-state index in [2.05, 4.69) is 20.3 Å². The second kappa shape index (κ2) is 10.7. The van der Waals surface area contributed by atoms with Gasteiger partial charge in [0.1, 0.15) is 17.0 Å². The third-order valence-electron chi connectivity index (χ3n) is 8.08. The van der Waals surface area contributed by atoms with Gasteiger partial charge in [0.05, 0.1) is 36.5 Å². The summed E-state index contributed by atoms with van der Waals surface area (Å²) in [6.45, 7) is 3.98. The summed E-state index contributed by atoms with van der Waals surface area (Å²) < 4.78 is 17.0. The molecule has 1 N–H and O–H groups in total. The Balaban J connectivity index is 1.26. The number of methoxy groups -OCH3 is 2. The Morgan fingerprint density at radius 3 is 2.52 bits per heavy atom. The Morgan fingerprint density at radius 2 is 1.74 bits per heavy atom. The van der Waals surface area contributed by atoms with Crippen molar-refractivity contribution >= 4 is 45.3 Å². The van der Waals surface area contributed by atoms with Crippen LogP contribution in [-0.4, -0.2) is 56.2 Å². The Morgan fingerprint density at radius 1 is 0.929 bits per heavy atom. The van der Waals surface area contributed by atoms with Crippen LogP contribution in [0.25, 0.3) is 22.2 Å². The smallest absolute Gasteiger partial charge is 0.196 e. The van der Waals surface area contributed by atoms with Gasteiger partial charge in [0.2, 0.25) is 0 Å². The normalized spacial score (nSPS) is 14.6. The fourth-order valence-electron chi connectivity index (χ4n) is 6.00. The molecule has 0 saturated carbocycles. The molecule has 7 rings (SSSR count). The lowest BCUT2D eigenvalue weighted by Gasteiger charge is -2.36. The first-order valence-electron chi connectivity index (χ1n) is 13.9. The van der Waals surface area contributed by atoms with Crippen LogP contribution in [0.15, 0.2) is 77.3 Å². The number of halogens is 1. The first-order chi connectivity index (χ1) is 20.5. The summed E-state index contributed by atoms with van der Waals surface area (Å²) in [5.74, 6) is 2.13. The summed E-state index contributed by atoms with van der Waals surface area (Å²) in [7, 11) is 3.32. The lowest BCUT2D eigenvalue weighted by molar-refractivity contribution is 0.104. The molecule has 1 aliphatic carbocycles. The number of hydrogen-bond donors (Lipinski definition) is 1. The number of nitrogens with one attached hydrogen (secondary N) is 1. The van der Waals surface area contributed by atoms with Gasteiger partial charge < -0.3 is 24.2 Å². The Hall–Kier alpha value is -4.53. The molecule has 42 heavy (non-hydrogen) atoms. The molecule has 212 valence electrons. The van der Waals surface area contributed by atoms with Gasteiger partial charge in [-0.1, -0.05) is 47.1 Å². The highest BCUT2D eigenvalue weighted by Crippen LogP contribution is 2.46. The number of piperazine rings is 1. The molecular formula is C33H29ClN4O4. The molecule has 0 spiro atoms. The molecular weight excluding hydrogens is 552 g/mol. The van der Waals surface area contributed by atoms with Crippen LogP contribution < -0.4 is 19.7 Å². The maximum atomic E-state index is 13.9. The van der Waals surface area contributed by atoms with Crippen molar-refractivity contribution in [3.8, 4) is 22.8 Å². The molecule has 0 bridgehead atoms. The van der Waals surface area contributed by atoms with Crippen LogP contribution in [-0.2, 0) is 6.54 Å². The van der Waals surface area contributed by atoms with Crippen molar-refractivity contribution in [2.24, 2.45) is 0 Å². The Kier molecular flexibility index (Phi) is 6.72. The molecule has 1 fully saturated rings. The topological polar surface area (TPSA) is 80.1 Å². The minimum Gasteiger partial charge on any atom is -0.497 e. The highest BCUT2D eigenvalue weighted by molar-refractivity contribution is 6.30. The van der Waals surface area contributed by atoms with Gasteiger partial charge >= 0.3 is 0 Å². The summed E-state index contributed by atoms with van der Waals surface area (Å²) in [5.41, 5.74) is 6.16. The van der Waals surface area contributed by atoms with E-state index in [1.165, 1.54) is 0 Å².